The predicted octanol–water partition coefficient (Wildman–Crippen LogP) is 3.41. The molecule has 0 radical (unpaired) electrons. The summed E-state index contributed by atoms with van der Waals surface area (Å²) in [6, 6.07) is 5.93. The highest BCUT2D eigenvalue weighted by Gasteiger charge is 2.19. The molecule has 0 bridgehead atoms. The van der Waals surface area contributed by atoms with E-state index in [1.54, 1.807) is 6.92 Å². The third-order valence-electron chi connectivity index (χ3n) is 3.13. The zero-order valence-corrected chi connectivity index (χ0v) is 11.7. The second-order valence-electron chi connectivity index (χ2n) is 4.69. The van der Waals surface area contributed by atoms with Crippen molar-refractivity contribution in [3.63, 3.8) is 0 Å². The number of aromatic nitrogens is 1. The molecule has 1 heterocycles. The Morgan fingerprint density at radius 2 is 2.05 bits per heavy atom. The highest BCUT2D eigenvalue weighted by atomic mass is 16.5. The lowest BCUT2D eigenvalue weighted by Gasteiger charge is -2.09. The summed E-state index contributed by atoms with van der Waals surface area (Å²) in [5, 5.41) is 6.81. The van der Waals surface area contributed by atoms with E-state index in [0.717, 1.165) is 11.3 Å². The van der Waals surface area contributed by atoms with E-state index in [0.29, 0.717) is 23.4 Å². The molecule has 2 aromatic rings. The molecule has 2 rings (SSSR count). The van der Waals surface area contributed by atoms with Crippen molar-refractivity contribution in [1.29, 1.82) is 0 Å². The molecule has 0 saturated carbocycles. The molecule has 19 heavy (non-hydrogen) atoms. The van der Waals surface area contributed by atoms with Gasteiger partial charge in [-0.15, -0.1) is 0 Å². The van der Waals surface area contributed by atoms with Crippen molar-refractivity contribution in [1.82, 2.24) is 5.16 Å². The van der Waals surface area contributed by atoms with Crippen LogP contribution in [0.5, 0.6) is 0 Å². The number of anilines is 1. The fraction of sp³-hybridized carbons (Fsp3) is 0.333. The van der Waals surface area contributed by atoms with Gasteiger partial charge in [0.15, 0.2) is 0 Å². The monoisotopic (exact) mass is 258 g/mol. The van der Waals surface area contributed by atoms with Gasteiger partial charge >= 0.3 is 0 Å². The average molecular weight is 258 g/mol. The van der Waals surface area contributed by atoms with Crippen LogP contribution < -0.4 is 5.32 Å². The van der Waals surface area contributed by atoms with Gasteiger partial charge in [-0.3, -0.25) is 4.79 Å². The van der Waals surface area contributed by atoms with E-state index in [1.165, 1.54) is 5.56 Å². The Balaban J connectivity index is 2.28. The van der Waals surface area contributed by atoms with Crippen LogP contribution in [-0.4, -0.2) is 11.1 Å². The molecular formula is C15H18N2O2. The molecule has 0 aliphatic carbocycles. The molecular weight excluding hydrogens is 240 g/mol. The maximum atomic E-state index is 12.3. The highest BCUT2D eigenvalue weighted by molar-refractivity contribution is 6.06. The van der Waals surface area contributed by atoms with Crippen molar-refractivity contribution in [3.8, 4) is 0 Å². The summed E-state index contributed by atoms with van der Waals surface area (Å²) in [5.74, 6) is 0.390. The van der Waals surface area contributed by atoms with E-state index in [4.69, 9.17) is 4.52 Å². The Labute approximate surface area is 112 Å². The Morgan fingerprint density at radius 1 is 1.32 bits per heavy atom. The molecule has 4 nitrogen and oxygen atoms in total. The topological polar surface area (TPSA) is 55.1 Å². The van der Waals surface area contributed by atoms with Crippen LogP contribution in [0.15, 0.2) is 22.7 Å². The molecule has 0 unspecified atom stereocenters. The van der Waals surface area contributed by atoms with Crippen LogP contribution in [0.2, 0.25) is 0 Å². The molecule has 0 aliphatic heterocycles. The Hall–Kier alpha value is -2.10. The zero-order valence-electron chi connectivity index (χ0n) is 11.7. The second kappa shape index (κ2) is 5.26. The Kier molecular flexibility index (Phi) is 3.69. The van der Waals surface area contributed by atoms with E-state index in [-0.39, 0.29) is 5.91 Å². The van der Waals surface area contributed by atoms with Crippen molar-refractivity contribution >= 4 is 11.6 Å². The second-order valence-corrected chi connectivity index (χ2v) is 4.69. The van der Waals surface area contributed by atoms with Gasteiger partial charge in [0.2, 0.25) is 0 Å². The van der Waals surface area contributed by atoms with Gasteiger partial charge in [-0.1, -0.05) is 29.8 Å². The molecule has 0 fully saturated rings. The third-order valence-corrected chi connectivity index (χ3v) is 3.13. The first kappa shape index (κ1) is 13.3. The lowest BCUT2D eigenvalue weighted by molar-refractivity contribution is 0.102. The third kappa shape index (κ3) is 2.67. The highest BCUT2D eigenvalue weighted by Crippen LogP contribution is 2.20. The number of benzene rings is 1. The lowest BCUT2D eigenvalue weighted by Crippen LogP contribution is -2.15. The van der Waals surface area contributed by atoms with E-state index in [2.05, 4.69) is 10.5 Å². The number of carbonyl (C=O) groups excluding carboxylic acids is 1. The number of carbonyl (C=O) groups is 1. The van der Waals surface area contributed by atoms with Gasteiger partial charge in [0.1, 0.15) is 11.3 Å². The fourth-order valence-corrected chi connectivity index (χ4v) is 2.09. The maximum Gasteiger partial charge on any atom is 0.261 e. The largest absolute Gasteiger partial charge is 0.361 e. The number of rotatable bonds is 3. The summed E-state index contributed by atoms with van der Waals surface area (Å²) in [6.07, 6.45) is 0.674. The van der Waals surface area contributed by atoms with Gasteiger partial charge < -0.3 is 9.84 Å². The average Bonchev–Trinajstić information content (AvgIpc) is 2.74. The predicted molar refractivity (Wildman–Crippen MR) is 74.5 cm³/mol. The number of hydrogen-bond donors (Lipinski definition) is 1. The van der Waals surface area contributed by atoms with Gasteiger partial charge in [0.25, 0.3) is 5.91 Å². The number of nitrogens with one attached hydrogen (secondary N) is 1. The van der Waals surface area contributed by atoms with E-state index in [9.17, 15) is 4.79 Å². The summed E-state index contributed by atoms with van der Waals surface area (Å²) >= 11 is 0. The Bertz CT molecular complexity index is 615. The van der Waals surface area contributed by atoms with E-state index in [1.807, 2.05) is 39.0 Å². The molecule has 0 saturated heterocycles. The van der Waals surface area contributed by atoms with Crippen molar-refractivity contribution in [3.05, 3.63) is 46.3 Å². The van der Waals surface area contributed by atoms with Crippen LogP contribution in [0.25, 0.3) is 0 Å². The van der Waals surface area contributed by atoms with Gasteiger partial charge in [-0.25, -0.2) is 0 Å². The van der Waals surface area contributed by atoms with Crippen molar-refractivity contribution in [2.75, 3.05) is 5.32 Å². The van der Waals surface area contributed by atoms with Crippen LogP contribution in [0, 0.1) is 20.8 Å². The first-order chi connectivity index (χ1) is 9.02. The molecule has 0 atom stereocenters. The molecule has 0 aliphatic rings. The summed E-state index contributed by atoms with van der Waals surface area (Å²) in [4.78, 5) is 12.3. The SMILES string of the molecule is CCc1noc(C)c1C(=O)Nc1ccc(C)cc1C. The number of aryl methyl sites for hydroxylation is 4. The van der Waals surface area contributed by atoms with Crippen LogP contribution in [0.1, 0.15) is 39.9 Å². The normalized spacial score (nSPS) is 10.5. The molecule has 100 valence electrons. The molecule has 0 spiro atoms. The van der Waals surface area contributed by atoms with Gasteiger partial charge in [-0.05, 0) is 38.8 Å². The van der Waals surface area contributed by atoms with E-state index < -0.39 is 0 Å². The maximum absolute atomic E-state index is 12.3. The van der Waals surface area contributed by atoms with Crippen molar-refractivity contribution in [2.45, 2.75) is 34.1 Å². The molecule has 1 N–H and O–H groups in total. The quantitative estimate of drug-likeness (QED) is 0.917. The first-order valence-corrected chi connectivity index (χ1v) is 6.36. The van der Waals surface area contributed by atoms with Crippen molar-refractivity contribution < 1.29 is 9.32 Å². The zero-order chi connectivity index (χ0) is 14.0. The molecule has 1 aromatic heterocycles. The number of hydrogen-bond acceptors (Lipinski definition) is 3. The minimum Gasteiger partial charge on any atom is -0.361 e. The fourth-order valence-electron chi connectivity index (χ4n) is 2.09. The first-order valence-electron chi connectivity index (χ1n) is 6.36. The summed E-state index contributed by atoms with van der Waals surface area (Å²) in [6.45, 7) is 7.70. The summed E-state index contributed by atoms with van der Waals surface area (Å²) in [7, 11) is 0. The molecule has 1 aromatic carbocycles. The van der Waals surface area contributed by atoms with Gasteiger partial charge in [0.05, 0.1) is 5.69 Å². The van der Waals surface area contributed by atoms with Crippen LogP contribution in [0.4, 0.5) is 5.69 Å². The molecule has 1 amide bonds. The van der Waals surface area contributed by atoms with Crippen molar-refractivity contribution in [2.24, 2.45) is 0 Å². The summed E-state index contributed by atoms with van der Waals surface area (Å²) in [5.41, 5.74) is 4.27. The van der Waals surface area contributed by atoms with Crippen LogP contribution in [0.3, 0.4) is 0 Å². The Morgan fingerprint density at radius 3 is 2.68 bits per heavy atom. The van der Waals surface area contributed by atoms with Crippen LogP contribution >= 0.6 is 0 Å². The molecule has 4 heteroatoms. The van der Waals surface area contributed by atoms with Gasteiger partial charge in [0, 0.05) is 5.69 Å². The summed E-state index contributed by atoms with van der Waals surface area (Å²) < 4.78 is 5.08. The minimum atomic E-state index is -0.164. The standard InChI is InChI=1S/C15H18N2O2/c1-5-12-14(11(4)19-17-12)15(18)16-13-7-6-9(2)8-10(13)3/h6-8H,5H2,1-4H3,(H,16,18). The minimum absolute atomic E-state index is 0.164. The number of amides is 1. The van der Waals surface area contributed by atoms with E-state index >= 15 is 0 Å². The number of nitrogens with zero attached hydrogens (tertiary/aromatic N) is 1. The van der Waals surface area contributed by atoms with Gasteiger partial charge in [-0.2, -0.15) is 0 Å². The smallest absolute Gasteiger partial charge is 0.261 e. The lowest BCUT2D eigenvalue weighted by atomic mass is 10.1. The van der Waals surface area contributed by atoms with Crippen LogP contribution in [-0.2, 0) is 6.42 Å².